The van der Waals surface area contributed by atoms with Gasteiger partial charge in [0.25, 0.3) is 0 Å². The van der Waals surface area contributed by atoms with Gasteiger partial charge in [-0.25, -0.2) is 4.98 Å². The first kappa shape index (κ1) is 13.7. The summed E-state index contributed by atoms with van der Waals surface area (Å²) in [5, 5.41) is 13.0. The number of hydrogen-bond acceptors (Lipinski definition) is 4. The van der Waals surface area contributed by atoms with Crippen LogP contribution in [0.15, 0.2) is 28.8 Å². The highest BCUT2D eigenvalue weighted by Gasteiger charge is 2.13. The molecular formula is C15H13ClN4O. The van der Waals surface area contributed by atoms with E-state index in [2.05, 4.69) is 16.2 Å². The zero-order chi connectivity index (χ0) is 14.8. The molecule has 0 N–H and O–H groups in total. The molecule has 0 atom stereocenters. The zero-order valence-electron chi connectivity index (χ0n) is 11.5. The van der Waals surface area contributed by atoms with Gasteiger partial charge in [-0.1, -0.05) is 5.16 Å². The smallest absolute Gasteiger partial charge is 0.156 e. The Labute approximate surface area is 126 Å². The van der Waals surface area contributed by atoms with Gasteiger partial charge in [-0.05, 0) is 25.1 Å². The van der Waals surface area contributed by atoms with E-state index in [0.717, 1.165) is 28.3 Å². The van der Waals surface area contributed by atoms with Crippen molar-refractivity contribution in [3.8, 4) is 6.07 Å². The maximum Gasteiger partial charge on any atom is 0.156 e. The van der Waals surface area contributed by atoms with Crippen LogP contribution in [-0.2, 0) is 13.0 Å². The number of alkyl halides is 1. The zero-order valence-corrected chi connectivity index (χ0v) is 12.3. The summed E-state index contributed by atoms with van der Waals surface area (Å²) >= 11 is 5.86. The van der Waals surface area contributed by atoms with E-state index >= 15 is 0 Å². The Hall–Kier alpha value is -2.32. The number of nitrogens with zero attached hydrogens (tertiary/aromatic N) is 4. The van der Waals surface area contributed by atoms with E-state index in [1.807, 2.05) is 29.7 Å². The minimum absolute atomic E-state index is 0.490. The molecule has 0 aliphatic carbocycles. The number of hydrogen-bond donors (Lipinski definition) is 0. The second kappa shape index (κ2) is 5.58. The molecule has 0 aliphatic heterocycles. The lowest BCUT2D eigenvalue weighted by atomic mass is 10.2. The van der Waals surface area contributed by atoms with Crippen LogP contribution in [0.5, 0.6) is 0 Å². The van der Waals surface area contributed by atoms with Crippen LogP contribution < -0.4 is 0 Å². The third-order valence-corrected chi connectivity index (χ3v) is 3.45. The Kier molecular flexibility index (Phi) is 3.63. The SMILES string of the molecule is Cc1cc(Cn2c(CCCl)nc3ccc(C#N)cc32)on1. The molecule has 0 saturated heterocycles. The molecule has 0 fully saturated rings. The highest BCUT2D eigenvalue weighted by atomic mass is 35.5. The molecule has 0 saturated carbocycles. The van der Waals surface area contributed by atoms with Crippen molar-refractivity contribution >= 4 is 22.6 Å². The van der Waals surface area contributed by atoms with E-state index in [1.54, 1.807) is 6.07 Å². The quantitative estimate of drug-likeness (QED) is 0.695. The van der Waals surface area contributed by atoms with Gasteiger partial charge in [0.15, 0.2) is 5.76 Å². The van der Waals surface area contributed by atoms with Crippen molar-refractivity contribution in [2.24, 2.45) is 0 Å². The van der Waals surface area contributed by atoms with Crippen LogP contribution in [0.4, 0.5) is 0 Å². The van der Waals surface area contributed by atoms with Crippen molar-refractivity contribution in [3.05, 3.63) is 47.1 Å². The topological polar surface area (TPSA) is 67.6 Å². The van der Waals surface area contributed by atoms with Gasteiger partial charge >= 0.3 is 0 Å². The summed E-state index contributed by atoms with van der Waals surface area (Å²) < 4.78 is 7.31. The molecule has 0 radical (unpaired) electrons. The van der Waals surface area contributed by atoms with Crippen molar-refractivity contribution in [2.75, 3.05) is 5.88 Å². The molecule has 106 valence electrons. The lowest BCUT2D eigenvalue weighted by molar-refractivity contribution is 0.373. The average Bonchev–Trinajstić information content (AvgIpc) is 3.04. The van der Waals surface area contributed by atoms with Gasteiger partial charge in [-0.2, -0.15) is 5.26 Å². The standard InChI is InChI=1S/C15H13ClN4O/c1-10-6-12(21-19-10)9-20-14-7-11(8-17)2-3-13(14)18-15(20)4-5-16/h2-3,6-7H,4-5,9H2,1H3. The van der Waals surface area contributed by atoms with Crippen molar-refractivity contribution in [1.82, 2.24) is 14.7 Å². The Morgan fingerprint density at radius 2 is 2.24 bits per heavy atom. The summed E-state index contributed by atoms with van der Waals surface area (Å²) in [5.41, 5.74) is 3.20. The molecule has 0 amide bonds. The predicted molar refractivity (Wildman–Crippen MR) is 79.2 cm³/mol. The highest BCUT2D eigenvalue weighted by molar-refractivity contribution is 6.17. The second-order valence-electron chi connectivity index (χ2n) is 4.80. The van der Waals surface area contributed by atoms with E-state index in [1.165, 1.54) is 0 Å². The highest BCUT2D eigenvalue weighted by Crippen LogP contribution is 2.20. The summed E-state index contributed by atoms with van der Waals surface area (Å²) in [6, 6.07) is 9.50. The Balaban J connectivity index is 2.12. The van der Waals surface area contributed by atoms with Crippen LogP contribution in [0.1, 0.15) is 22.8 Å². The Morgan fingerprint density at radius 1 is 1.38 bits per heavy atom. The first-order chi connectivity index (χ1) is 10.2. The number of imidazole rings is 1. The molecule has 0 aliphatic rings. The van der Waals surface area contributed by atoms with Crippen LogP contribution in [0.2, 0.25) is 0 Å². The largest absolute Gasteiger partial charge is 0.359 e. The molecule has 2 heterocycles. The normalized spacial score (nSPS) is 10.9. The summed E-state index contributed by atoms with van der Waals surface area (Å²) in [7, 11) is 0. The average molecular weight is 301 g/mol. The van der Waals surface area contributed by atoms with Crippen LogP contribution >= 0.6 is 11.6 Å². The number of aromatic nitrogens is 3. The van der Waals surface area contributed by atoms with Gasteiger partial charge in [-0.15, -0.1) is 11.6 Å². The van der Waals surface area contributed by atoms with Gasteiger partial charge in [0.1, 0.15) is 5.82 Å². The molecule has 0 unspecified atom stereocenters. The molecule has 3 rings (SSSR count). The minimum Gasteiger partial charge on any atom is -0.359 e. The third-order valence-electron chi connectivity index (χ3n) is 3.27. The monoisotopic (exact) mass is 300 g/mol. The molecule has 0 spiro atoms. The second-order valence-corrected chi connectivity index (χ2v) is 5.18. The summed E-state index contributed by atoms with van der Waals surface area (Å²) in [4.78, 5) is 4.59. The Bertz CT molecular complexity index is 828. The van der Waals surface area contributed by atoms with Crippen molar-refractivity contribution < 1.29 is 4.52 Å². The van der Waals surface area contributed by atoms with E-state index in [-0.39, 0.29) is 0 Å². The molecular weight excluding hydrogens is 288 g/mol. The molecule has 3 aromatic rings. The number of nitriles is 1. The number of benzene rings is 1. The van der Waals surface area contributed by atoms with Crippen molar-refractivity contribution in [3.63, 3.8) is 0 Å². The van der Waals surface area contributed by atoms with E-state index in [4.69, 9.17) is 21.4 Å². The Morgan fingerprint density at radius 3 is 2.90 bits per heavy atom. The van der Waals surface area contributed by atoms with Gasteiger partial charge in [0, 0.05) is 18.4 Å². The third kappa shape index (κ3) is 2.63. The van der Waals surface area contributed by atoms with E-state index < -0.39 is 0 Å². The van der Waals surface area contributed by atoms with Crippen LogP contribution in [-0.4, -0.2) is 20.6 Å². The van der Waals surface area contributed by atoms with Crippen molar-refractivity contribution in [1.29, 1.82) is 5.26 Å². The fourth-order valence-corrected chi connectivity index (χ4v) is 2.51. The first-order valence-electron chi connectivity index (χ1n) is 6.58. The fraction of sp³-hybridized carbons (Fsp3) is 0.267. The number of rotatable bonds is 4. The van der Waals surface area contributed by atoms with Crippen LogP contribution in [0.25, 0.3) is 11.0 Å². The molecule has 6 heteroatoms. The van der Waals surface area contributed by atoms with Crippen LogP contribution in [0, 0.1) is 18.3 Å². The lowest BCUT2D eigenvalue weighted by Gasteiger charge is -2.06. The summed E-state index contributed by atoms with van der Waals surface area (Å²) in [6.45, 7) is 2.41. The molecule has 1 aromatic carbocycles. The molecule has 2 aromatic heterocycles. The van der Waals surface area contributed by atoms with Crippen LogP contribution in [0.3, 0.4) is 0 Å². The molecule has 21 heavy (non-hydrogen) atoms. The van der Waals surface area contributed by atoms with Crippen molar-refractivity contribution in [2.45, 2.75) is 19.9 Å². The molecule has 0 bridgehead atoms. The fourth-order valence-electron chi connectivity index (χ4n) is 2.34. The van der Waals surface area contributed by atoms with E-state index in [9.17, 15) is 0 Å². The summed E-state index contributed by atoms with van der Waals surface area (Å²) in [5.74, 6) is 2.12. The van der Waals surface area contributed by atoms with Gasteiger partial charge in [-0.3, -0.25) is 0 Å². The number of aryl methyl sites for hydroxylation is 2. The lowest BCUT2D eigenvalue weighted by Crippen LogP contribution is -2.05. The number of fused-ring (bicyclic) bond motifs is 1. The first-order valence-corrected chi connectivity index (χ1v) is 7.12. The minimum atomic E-state index is 0.490. The van der Waals surface area contributed by atoms with Gasteiger partial charge in [0.2, 0.25) is 0 Å². The van der Waals surface area contributed by atoms with Gasteiger partial charge < -0.3 is 9.09 Å². The number of halogens is 1. The summed E-state index contributed by atoms with van der Waals surface area (Å²) in [6.07, 6.45) is 0.658. The maximum atomic E-state index is 9.06. The molecule has 5 nitrogen and oxygen atoms in total. The van der Waals surface area contributed by atoms with Gasteiger partial charge in [0.05, 0.1) is 34.9 Å². The van der Waals surface area contributed by atoms with E-state index in [0.29, 0.717) is 24.4 Å². The predicted octanol–water partition coefficient (Wildman–Crippen LogP) is 3.03. The maximum absolute atomic E-state index is 9.06.